The van der Waals surface area contributed by atoms with Gasteiger partial charge < -0.3 is 15.2 Å². The topological polar surface area (TPSA) is 75.6 Å². The molecule has 5 heteroatoms. The van der Waals surface area contributed by atoms with Gasteiger partial charge in [0.25, 0.3) is 0 Å². The van der Waals surface area contributed by atoms with Gasteiger partial charge in [0.15, 0.2) is 0 Å². The number of ether oxygens (including phenoxy) is 1. The van der Waals surface area contributed by atoms with Gasteiger partial charge >= 0.3 is 5.97 Å². The zero-order chi connectivity index (χ0) is 11.7. The molecule has 0 saturated heterocycles. The summed E-state index contributed by atoms with van der Waals surface area (Å²) in [6.45, 7) is 0. The Hall–Kier alpha value is -2.04. The Labute approximate surface area is 92.0 Å². The average molecular weight is 221 g/mol. The minimum absolute atomic E-state index is 0.0192. The van der Waals surface area contributed by atoms with E-state index in [0.29, 0.717) is 17.0 Å². The van der Waals surface area contributed by atoms with Crippen LogP contribution in [0.4, 0.5) is 5.69 Å². The number of amides is 1. The Morgan fingerprint density at radius 2 is 2.31 bits per heavy atom. The van der Waals surface area contributed by atoms with Crippen molar-refractivity contribution >= 4 is 17.6 Å². The van der Waals surface area contributed by atoms with Crippen LogP contribution in [0.2, 0.25) is 0 Å². The number of hydrogen-bond acceptors (Lipinski definition) is 3. The molecule has 0 bridgehead atoms. The van der Waals surface area contributed by atoms with E-state index in [1.165, 1.54) is 7.11 Å². The van der Waals surface area contributed by atoms with Crippen molar-refractivity contribution in [2.75, 3.05) is 12.4 Å². The lowest BCUT2D eigenvalue weighted by Gasteiger charge is -2.22. The van der Waals surface area contributed by atoms with Crippen molar-refractivity contribution < 1.29 is 19.4 Å². The first-order valence-corrected chi connectivity index (χ1v) is 4.82. The smallest absolute Gasteiger partial charge is 0.311 e. The van der Waals surface area contributed by atoms with Crippen LogP contribution in [0.25, 0.3) is 0 Å². The second kappa shape index (κ2) is 3.84. The van der Waals surface area contributed by atoms with Gasteiger partial charge in [0.1, 0.15) is 5.75 Å². The number of benzene rings is 1. The summed E-state index contributed by atoms with van der Waals surface area (Å²) in [5.74, 6) is -1.45. The van der Waals surface area contributed by atoms with E-state index in [0.717, 1.165) is 0 Å². The molecule has 1 amide bonds. The van der Waals surface area contributed by atoms with Gasteiger partial charge in [-0.15, -0.1) is 0 Å². The van der Waals surface area contributed by atoms with Crippen LogP contribution < -0.4 is 10.1 Å². The standard InChI is InChI=1S/C11H11NO4/c1-16-6-2-3-7-8(11(14)15)5-10(13)12-9(7)4-6/h2-4,8H,5H2,1H3,(H,12,13)(H,14,15). The zero-order valence-corrected chi connectivity index (χ0v) is 8.69. The van der Waals surface area contributed by atoms with Crippen LogP contribution in [0.1, 0.15) is 17.9 Å². The van der Waals surface area contributed by atoms with Gasteiger partial charge in [0.05, 0.1) is 13.0 Å². The summed E-state index contributed by atoms with van der Waals surface area (Å²) in [6.07, 6.45) is -0.0192. The molecule has 5 nitrogen and oxygen atoms in total. The SMILES string of the molecule is COc1ccc2c(c1)NC(=O)CC2C(=O)O. The molecule has 0 spiro atoms. The predicted octanol–water partition coefficient (Wildman–Crippen LogP) is 1.21. The number of aliphatic carboxylic acids is 1. The van der Waals surface area contributed by atoms with E-state index < -0.39 is 11.9 Å². The number of anilines is 1. The minimum atomic E-state index is -0.985. The summed E-state index contributed by atoms with van der Waals surface area (Å²) in [6, 6.07) is 4.99. The molecule has 0 aromatic heterocycles. The molecule has 0 aliphatic carbocycles. The first-order chi connectivity index (χ1) is 7.61. The first-order valence-electron chi connectivity index (χ1n) is 4.82. The van der Waals surface area contributed by atoms with Crippen LogP contribution in [0.3, 0.4) is 0 Å². The van der Waals surface area contributed by atoms with Crippen molar-refractivity contribution in [3.63, 3.8) is 0 Å². The van der Waals surface area contributed by atoms with Crippen LogP contribution in [0.5, 0.6) is 5.75 Å². The third-order valence-corrected chi connectivity index (χ3v) is 2.60. The molecule has 1 heterocycles. The lowest BCUT2D eigenvalue weighted by Crippen LogP contribution is -2.27. The van der Waals surface area contributed by atoms with Crippen molar-refractivity contribution in [3.8, 4) is 5.75 Å². The predicted molar refractivity (Wildman–Crippen MR) is 56.6 cm³/mol. The molecule has 1 aromatic carbocycles. The van der Waals surface area contributed by atoms with Crippen LogP contribution in [0.15, 0.2) is 18.2 Å². The van der Waals surface area contributed by atoms with Crippen molar-refractivity contribution in [2.24, 2.45) is 0 Å². The van der Waals surface area contributed by atoms with Crippen molar-refractivity contribution in [1.29, 1.82) is 0 Å². The highest BCUT2D eigenvalue weighted by Gasteiger charge is 2.30. The Morgan fingerprint density at radius 1 is 1.56 bits per heavy atom. The molecule has 1 unspecified atom stereocenters. The normalized spacial score (nSPS) is 18.6. The fourth-order valence-electron chi connectivity index (χ4n) is 1.79. The Balaban J connectivity index is 2.47. The zero-order valence-electron chi connectivity index (χ0n) is 8.69. The van der Waals surface area contributed by atoms with Gasteiger partial charge in [-0.25, -0.2) is 0 Å². The molecule has 16 heavy (non-hydrogen) atoms. The largest absolute Gasteiger partial charge is 0.497 e. The molecule has 0 radical (unpaired) electrons. The van der Waals surface area contributed by atoms with E-state index in [1.54, 1.807) is 18.2 Å². The van der Waals surface area contributed by atoms with Gasteiger partial charge in [0, 0.05) is 18.2 Å². The second-order valence-electron chi connectivity index (χ2n) is 3.60. The maximum Gasteiger partial charge on any atom is 0.311 e. The summed E-state index contributed by atoms with van der Waals surface area (Å²) in [5.41, 5.74) is 1.14. The summed E-state index contributed by atoms with van der Waals surface area (Å²) in [7, 11) is 1.51. The lowest BCUT2D eigenvalue weighted by atomic mass is 9.90. The summed E-state index contributed by atoms with van der Waals surface area (Å²) in [4.78, 5) is 22.3. The molecule has 2 rings (SSSR count). The fourth-order valence-corrected chi connectivity index (χ4v) is 1.79. The molecule has 1 aliphatic heterocycles. The van der Waals surface area contributed by atoms with Crippen LogP contribution >= 0.6 is 0 Å². The third-order valence-electron chi connectivity index (χ3n) is 2.60. The number of carbonyl (C=O) groups is 2. The molecule has 0 saturated carbocycles. The van der Waals surface area contributed by atoms with E-state index in [-0.39, 0.29) is 12.3 Å². The molecule has 1 aliphatic rings. The molecule has 1 atom stereocenters. The van der Waals surface area contributed by atoms with Gasteiger partial charge in [-0.2, -0.15) is 0 Å². The number of fused-ring (bicyclic) bond motifs is 1. The van der Waals surface area contributed by atoms with Crippen molar-refractivity contribution in [1.82, 2.24) is 0 Å². The second-order valence-corrected chi connectivity index (χ2v) is 3.60. The molecular weight excluding hydrogens is 210 g/mol. The number of rotatable bonds is 2. The molecule has 2 N–H and O–H groups in total. The quantitative estimate of drug-likeness (QED) is 0.786. The highest BCUT2D eigenvalue weighted by Crippen LogP contribution is 2.34. The number of carboxylic acid groups (broad SMARTS) is 1. The van der Waals surface area contributed by atoms with Gasteiger partial charge in [0.2, 0.25) is 5.91 Å². The summed E-state index contributed by atoms with van der Waals surface area (Å²) < 4.78 is 5.01. The van der Waals surface area contributed by atoms with Gasteiger partial charge in [-0.1, -0.05) is 6.07 Å². The molecule has 84 valence electrons. The van der Waals surface area contributed by atoms with Crippen molar-refractivity contribution in [3.05, 3.63) is 23.8 Å². The summed E-state index contributed by atoms with van der Waals surface area (Å²) >= 11 is 0. The van der Waals surface area contributed by atoms with E-state index >= 15 is 0 Å². The molecule has 1 aromatic rings. The van der Waals surface area contributed by atoms with Gasteiger partial charge in [-0.05, 0) is 11.6 Å². The van der Waals surface area contributed by atoms with Crippen LogP contribution in [0, 0.1) is 0 Å². The lowest BCUT2D eigenvalue weighted by molar-refractivity contribution is -0.140. The van der Waals surface area contributed by atoms with E-state index in [2.05, 4.69) is 5.32 Å². The van der Waals surface area contributed by atoms with Crippen LogP contribution in [-0.2, 0) is 9.59 Å². The third kappa shape index (κ3) is 1.71. The Kier molecular flexibility index (Phi) is 2.52. The monoisotopic (exact) mass is 221 g/mol. The van der Waals surface area contributed by atoms with E-state index in [1.807, 2.05) is 0 Å². The maximum absolute atomic E-state index is 11.3. The summed E-state index contributed by atoms with van der Waals surface area (Å²) in [5, 5.41) is 11.7. The Bertz CT molecular complexity index is 455. The highest BCUT2D eigenvalue weighted by atomic mass is 16.5. The fraction of sp³-hybridized carbons (Fsp3) is 0.273. The number of methoxy groups -OCH3 is 1. The average Bonchev–Trinajstić information content (AvgIpc) is 2.26. The minimum Gasteiger partial charge on any atom is -0.497 e. The number of carboxylic acids is 1. The first kappa shape index (κ1) is 10.5. The van der Waals surface area contributed by atoms with E-state index in [9.17, 15) is 9.59 Å². The Morgan fingerprint density at radius 3 is 2.94 bits per heavy atom. The van der Waals surface area contributed by atoms with Crippen molar-refractivity contribution in [2.45, 2.75) is 12.3 Å². The molecule has 0 fully saturated rings. The maximum atomic E-state index is 11.3. The van der Waals surface area contributed by atoms with Gasteiger partial charge in [-0.3, -0.25) is 9.59 Å². The number of hydrogen-bond donors (Lipinski definition) is 2. The molecular formula is C11H11NO4. The highest BCUT2D eigenvalue weighted by molar-refractivity contribution is 5.99. The van der Waals surface area contributed by atoms with E-state index in [4.69, 9.17) is 9.84 Å². The number of carbonyl (C=O) groups excluding carboxylic acids is 1. The van der Waals surface area contributed by atoms with Crippen LogP contribution in [-0.4, -0.2) is 24.1 Å². The number of nitrogens with one attached hydrogen (secondary N) is 1.